The second-order valence-electron chi connectivity index (χ2n) is 5.78. The quantitative estimate of drug-likeness (QED) is 0.850. The number of hydrogen-bond donors (Lipinski definition) is 1. The molecule has 23 heavy (non-hydrogen) atoms. The molecule has 0 saturated carbocycles. The highest BCUT2D eigenvalue weighted by Crippen LogP contribution is 2.20. The van der Waals surface area contributed by atoms with Crippen LogP contribution in [0.5, 0.6) is 5.75 Å². The van der Waals surface area contributed by atoms with Gasteiger partial charge in [-0.15, -0.1) is 0 Å². The van der Waals surface area contributed by atoms with Crippen LogP contribution in [0.25, 0.3) is 0 Å². The Morgan fingerprint density at radius 3 is 2.52 bits per heavy atom. The maximum atomic E-state index is 12.6. The summed E-state index contributed by atoms with van der Waals surface area (Å²) in [6.07, 6.45) is 0.525. The molecule has 1 aliphatic rings. The molecule has 1 amide bonds. The Bertz CT molecular complexity index is 643. The van der Waals surface area contributed by atoms with Crippen LogP contribution in [0.2, 0.25) is 0 Å². The van der Waals surface area contributed by atoms with Gasteiger partial charge in [-0.1, -0.05) is 0 Å². The minimum atomic E-state index is -3.00. The fourth-order valence-electron chi connectivity index (χ4n) is 2.86. The largest absolute Gasteiger partial charge is 0.497 e. The van der Waals surface area contributed by atoms with Gasteiger partial charge in [0.15, 0.2) is 9.84 Å². The monoisotopic (exact) mass is 340 g/mol. The van der Waals surface area contributed by atoms with E-state index in [1.54, 1.807) is 18.9 Å². The Morgan fingerprint density at radius 2 is 2.04 bits per heavy atom. The van der Waals surface area contributed by atoms with Gasteiger partial charge >= 0.3 is 0 Å². The van der Waals surface area contributed by atoms with Gasteiger partial charge in [0.25, 0.3) is 0 Å². The van der Waals surface area contributed by atoms with E-state index in [-0.39, 0.29) is 23.5 Å². The SMILES string of the molecule is CCN(C(=O)[C@@H](C)Nc1ccc(OC)cc1)[C@H]1CCS(=O)(=O)C1. The van der Waals surface area contributed by atoms with Crippen LogP contribution in [0.1, 0.15) is 20.3 Å². The molecule has 1 aromatic carbocycles. The number of nitrogens with zero attached hydrogens (tertiary/aromatic N) is 1. The number of likely N-dealkylation sites (N-methyl/N-ethyl adjacent to an activating group) is 1. The average molecular weight is 340 g/mol. The minimum Gasteiger partial charge on any atom is -0.497 e. The first kappa shape index (κ1) is 17.6. The molecular weight excluding hydrogens is 316 g/mol. The molecule has 128 valence electrons. The molecule has 1 heterocycles. The molecule has 0 aliphatic carbocycles. The highest BCUT2D eigenvalue weighted by atomic mass is 32.2. The van der Waals surface area contributed by atoms with Crippen molar-refractivity contribution >= 4 is 21.4 Å². The number of benzene rings is 1. The highest BCUT2D eigenvalue weighted by molar-refractivity contribution is 7.91. The molecule has 1 aromatic rings. The third kappa shape index (κ3) is 4.37. The lowest BCUT2D eigenvalue weighted by Crippen LogP contribution is -2.47. The van der Waals surface area contributed by atoms with Crippen molar-refractivity contribution in [2.75, 3.05) is 30.5 Å². The highest BCUT2D eigenvalue weighted by Gasteiger charge is 2.35. The lowest BCUT2D eigenvalue weighted by atomic mass is 10.1. The van der Waals surface area contributed by atoms with Crippen molar-refractivity contribution in [3.8, 4) is 5.75 Å². The molecule has 1 aliphatic heterocycles. The fraction of sp³-hybridized carbons (Fsp3) is 0.562. The number of nitrogens with one attached hydrogen (secondary N) is 1. The van der Waals surface area contributed by atoms with Crippen LogP contribution in [0.3, 0.4) is 0 Å². The zero-order chi connectivity index (χ0) is 17.0. The topological polar surface area (TPSA) is 75.7 Å². The molecule has 0 bridgehead atoms. The predicted molar refractivity (Wildman–Crippen MR) is 90.5 cm³/mol. The summed E-state index contributed by atoms with van der Waals surface area (Å²) in [7, 11) is -1.40. The molecular formula is C16H24N2O4S. The summed E-state index contributed by atoms with van der Waals surface area (Å²) in [4.78, 5) is 14.3. The number of sulfone groups is 1. The molecule has 0 unspecified atom stereocenters. The zero-order valence-electron chi connectivity index (χ0n) is 13.8. The van der Waals surface area contributed by atoms with E-state index in [1.165, 1.54) is 0 Å². The van der Waals surface area contributed by atoms with Gasteiger partial charge in [-0.2, -0.15) is 0 Å². The van der Waals surface area contributed by atoms with Crippen molar-refractivity contribution in [3.05, 3.63) is 24.3 Å². The summed E-state index contributed by atoms with van der Waals surface area (Å²) < 4.78 is 28.4. The van der Waals surface area contributed by atoms with Crippen molar-refractivity contribution in [2.45, 2.75) is 32.4 Å². The van der Waals surface area contributed by atoms with Crippen LogP contribution < -0.4 is 10.1 Å². The van der Waals surface area contributed by atoms with Gasteiger partial charge in [-0.3, -0.25) is 4.79 Å². The first-order valence-electron chi connectivity index (χ1n) is 7.77. The number of ether oxygens (including phenoxy) is 1. The van der Waals surface area contributed by atoms with E-state index >= 15 is 0 Å². The van der Waals surface area contributed by atoms with E-state index in [4.69, 9.17) is 4.74 Å². The smallest absolute Gasteiger partial charge is 0.245 e. The maximum absolute atomic E-state index is 12.6. The summed E-state index contributed by atoms with van der Waals surface area (Å²) in [5, 5.41) is 3.16. The van der Waals surface area contributed by atoms with Crippen molar-refractivity contribution < 1.29 is 17.9 Å². The number of anilines is 1. The van der Waals surface area contributed by atoms with Crippen LogP contribution in [0.15, 0.2) is 24.3 Å². The zero-order valence-corrected chi connectivity index (χ0v) is 14.6. The Balaban J connectivity index is 2.01. The Kier molecular flexibility index (Phi) is 5.51. The summed E-state index contributed by atoms with van der Waals surface area (Å²) >= 11 is 0. The first-order valence-corrected chi connectivity index (χ1v) is 9.60. The van der Waals surface area contributed by atoms with Gasteiger partial charge in [0, 0.05) is 18.3 Å². The van der Waals surface area contributed by atoms with E-state index in [2.05, 4.69) is 5.32 Å². The summed E-state index contributed by atoms with van der Waals surface area (Å²) in [5.74, 6) is 0.912. The summed E-state index contributed by atoms with van der Waals surface area (Å²) in [6, 6.07) is 6.70. The third-order valence-corrected chi connectivity index (χ3v) is 5.87. The van der Waals surface area contributed by atoms with E-state index in [0.717, 1.165) is 11.4 Å². The van der Waals surface area contributed by atoms with Crippen LogP contribution >= 0.6 is 0 Å². The number of amides is 1. The van der Waals surface area contributed by atoms with Gasteiger partial charge in [0.1, 0.15) is 11.8 Å². The molecule has 6 nitrogen and oxygen atoms in total. The van der Waals surface area contributed by atoms with Crippen molar-refractivity contribution in [1.82, 2.24) is 4.90 Å². The Hall–Kier alpha value is -1.76. The lowest BCUT2D eigenvalue weighted by molar-refractivity contribution is -0.133. The number of hydrogen-bond acceptors (Lipinski definition) is 5. The van der Waals surface area contributed by atoms with E-state index in [0.29, 0.717) is 13.0 Å². The van der Waals surface area contributed by atoms with Crippen LogP contribution in [0.4, 0.5) is 5.69 Å². The second-order valence-corrected chi connectivity index (χ2v) is 8.00. The summed E-state index contributed by atoms with van der Waals surface area (Å²) in [6.45, 7) is 4.18. The van der Waals surface area contributed by atoms with Gasteiger partial charge in [0.2, 0.25) is 5.91 Å². The van der Waals surface area contributed by atoms with Crippen molar-refractivity contribution in [2.24, 2.45) is 0 Å². The van der Waals surface area contributed by atoms with Gasteiger partial charge in [-0.25, -0.2) is 8.42 Å². The van der Waals surface area contributed by atoms with Crippen molar-refractivity contribution in [1.29, 1.82) is 0 Å². The molecule has 0 aromatic heterocycles. The molecule has 1 N–H and O–H groups in total. The van der Waals surface area contributed by atoms with Gasteiger partial charge in [0.05, 0.1) is 18.6 Å². The fourth-order valence-corrected chi connectivity index (χ4v) is 4.59. The molecule has 1 fully saturated rings. The standard InChI is InChI=1S/C16H24N2O4S/c1-4-18(14-9-10-23(20,21)11-14)16(19)12(2)17-13-5-7-15(22-3)8-6-13/h5-8,12,14,17H,4,9-11H2,1-3H3/t12-,14+/m1/s1. The van der Waals surface area contributed by atoms with Crippen molar-refractivity contribution in [3.63, 3.8) is 0 Å². The minimum absolute atomic E-state index is 0.0713. The van der Waals surface area contributed by atoms with Crippen LogP contribution in [-0.4, -0.2) is 56.5 Å². The molecule has 2 atom stereocenters. The average Bonchev–Trinajstić information content (AvgIpc) is 2.88. The molecule has 2 rings (SSSR count). The molecule has 0 spiro atoms. The van der Waals surface area contributed by atoms with E-state index in [1.807, 2.05) is 31.2 Å². The van der Waals surface area contributed by atoms with Crippen LogP contribution in [-0.2, 0) is 14.6 Å². The first-order chi connectivity index (χ1) is 10.9. The maximum Gasteiger partial charge on any atom is 0.245 e. The predicted octanol–water partition coefficient (Wildman–Crippen LogP) is 1.53. The summed E-state index contributed by atoms with van der Waals surface area (Å²) in [5.41, 5.74) is 0.821. The number of carbonyl (C=O) groups is 1. The molecule has 1 saturated heterocycles. The molecule has 7 heteroatoms. The third-order valence-electron chi connectivity index (χ3n) is 4.12. The van der Waals surface area contributed by atoms with Crippen LogP contribution in [0, 0.1) is 0 Å². The van der Waals surface area contributed by atoms with E-state index in [9.17, 15) is 13.2 Å². The van der Waals surface area contributed by atoms with E-state index < -0.39 is 15.9 Å². The normalized spacial score (nSPS) is 20.7. The Morgan fingerprint density at radius 1 is 1.39 bits per heavy atom. The van der Waals surface area contributed by atoms with Gasteiger partial charge in [-0.05, 0) is 44.5 Å². The number of carbonyl (C=O) groups excluding carboxylic acids is 1. The Labute approximate surface area is 137 Å². The number of methoxy groups -OCH3 is 1. The van der Waals surface area contributed by atoms with Gasteiger partial charge < -0.3 is 15.0 Å². The lowest BCUT2D eigenvalue weighted by Gasteiger charge is -2.30. The molecule has 0 radical (unpaired) electrons. The number of rotatable bonds is 6. The second kappa shape index (κ2) is 7.21.